The maximum absolute atomic E-state index is 12.3. The minimum Gasteiger partial charge on any atom is -0.354 e. The number of hydrogen-bond acceptors (Lipinski definition) is 5. The summed E-state index contributed by atoms with van der Waals surface area (Å²) in [5.74, 6) is -0.302. The van der Waals surface area contributed by atoms with Crippen molar-refractivity contribution in [3.8, 4) is 11.3 Å². The minimum absolute atomic E-state index is 0.102. The van der Waals surface area contributed by atoms with E-state index in [4.69, 9.17) is 0 Å². The van der Waals surface area contributed by atoms with E-state index < -0.39 is 10.0 Å². The Balaban J connectivity index is 1.50. The topological polar surface area (TPSA) is 101 Å². The Bertz CT molecular complexity index is 980. The molecule has 1 saturated heterocycles. The predicted octanol–water partition coefficient (Wildman–Crippen LogP) is 0.698. The average molecular weight is 404 g/mol. The molecule has 0 atom stereocenters. The zero-order chi connectivity index (χ0) is 20.1. The van der Waals surface area contributed by atoms with Gasteiger partial charge in [-0.1, -0.05) is 30.3 Å². The maximum Gasteiger partial charge on any atom is 0.253 e. The van der Waals surface area contributed by atoms with Crippen molar-refractivity contribution in [2.75, 3.05) is 25.9 Å². The van der Waals surface area contributed by atoms with Crippen LogP contribution in [-0.4, -0.2) is 54.1 Å². The van der Waals surface area contributed by atoms with E-state index in [1.165, 1.54) is 27.5 Å². The van der Waals surface area contributed by atoms with Gasteiger partial charge in [0.05, 0.1) is 18.3 Å². The third-order valence-electron chi connectivity index (χ3n) is 4.89. The molecule has 1 fully saturated rings. The fourth-order valence-electron chi connectivity index (χ4n) is 3.25. The highest BCUT2D eigenvalue weighted by molar-refractivity contribution is 7.88. The monoisotopic (exact) mass is 404 g/mol. The Morgan fingerprint density at radius 3 is 2.50 bits per heavy atom. The molecule has 8 nitrogen and oxygen atoms in total. The second-order valence-electron chi connectivity index (χ2n) is 6.90. The molecule has 1 aromatic heterocycles. The lowest BCUT2D eigenvalue weighted by Crippen LogP contribution is -2.43. The molecule has 0 unspecified atom stereocenters. The molecule has 0 saturated carbocycles. The predicted molar refractivity (Wildman–Crippen MR) is 106 cm³/mol. The number of sulfonamides is 1. The fourth-order valence-corrected chi connectivity index (χ4v) is 4.13. The van der Waals surface area contributed by atoms with E-state index in [1.54, 1.807) is 0 Å². The number of piperidine rings is 1. The third kappa shape index (κ3) is 5.05. The van der Waals surface area contributed by atoms with Crippen LogP contribution in [0.2, 0.25) is 0 Å². The molecule has 0 bridgehead atoms. The number of carbonyl (C=O) groups is 1. The van der Waals surface area contributed by atoms with Gasteiger partial charge < -0.3 is 5.32 Å². The van der Waals surface area contributed by atoms with Gasteiger partial charge in [-0.05, 0) is 12.8 Å². The van der Waals surface area contributed by atoms with Crippen molar-refractivity contribution in [2.45, 2.75) is 19.4 Å². The number of carbonyl (C=O) groups excluding carboxylic acids is 1. The van der Waals surface area contributed by atoms with Crippen LogP contribution in [0.1, 0.15) is 12.8 Å². The fraction of sp³-hybridized carbons (Fsp3) is 0.421. The molecular formula is C19H24N4O4S. The number of amides is 1. The van der Waals surface area contributed by atoms with Gasteiger partial charge >= 0.3 is 0 Å². The molecule has 150 valence electrons. The lowest BCUT2D eigenvalue weighted by Gasteiger charge is -2.29. The van der Waals surface area contributed by atoms with Gasteiger partial charge in [0, 0.05) is 43.7 Å². The summed E-state index contributed by atoms with van der Waals surface area (Å²) in [4.78, 5) is 28.9. The van der Waals surface area contributed by atoms with E-state index in [0.717, 1.165) is 5.56 Å². The quantitative estimate of drug-likeness (QED) is 0.764. The van der Waals surface area contributed by atoms with E-state index in [0.29, 0.717) is 44.7 Å². The summed E-state index contributed by atoms with van der Waals surface area (Å²) in [5, 5.41) is 2.83. The average Bonchev–Trinajstić information content (AvgIpc) is 2.69. The Hall–Kier alpha value is -2.52. The van der Waals surface area contributed by atoms with Crippen molar-refractivity contribution >= 4 is 15.9 Å². The first-order chi connectivity index (χ1) is 13.3. The van der Waals surface area contributed by atoms with Crippen molar-refractivity contribution in [3.63, 3.8) is 0 Å². The van der Waals surface area contributed by atoms with Gasteiger partial charge in [0.1, 0.15) is 0 Å². The highest BCUT2D eigenvalue weighted by Gasteiger charge is 2.28. The molecule has 1 N–H and O–H groups in total. The summed E-state index contributed by atoms with van der Waals surface area (Å²) in [6.07, 6.45) is 3.68. The first kappa shape index (κ1) is 20.2. The highest BCUT2D eigenvalue weighted by atomic mass is 32.2. The molecular weight excluding hydrogens is 380 g/mol. The molecule has 1 aliphatic heterocycles. The molecule has 2 heterocycles. The molecule has 0 radical (unpaired) electrons. The standard InChI is InChI=1S/C19H24N4O4S/c1-28(26,27)23-10-7-16(8-11-23)19(25)20-9-12-22-14-21-17(13-18(22)24)15-5-3-2-4-6-15/h2-6,13-14,16H,7-12H2,1H3,(H,20,25). The Morgan fingerprint density at radius 2 is 1.89 bits per heavy atom. The van der Waals surface area contributed by atoms with E-state index in [9.17, 15) is 18.0 Å². The van der Waals surface area contributed by atoms with Crippen LogP contribution in [0.15, 0.2) is 47.5 Å². The van der Waals surface area contributed by atoms with Crippen LogP contribution in [0.4, 0.5) is 0 Å². The Kier molecular flexibility index (Phi) is 6.25. The molecule has 9 heteroatoms. The lowest BCUT2D eigenvalue weighted by molar-refractivity contribution is -0.126. The molecule has 1 amide bonds. The number of aromatic nitrogens is 2. The third-order valence-corrected chi connectivity index (χ3v) is 6.20. The van der Waals surface area contributed by atoms with Gasteiger partial charge in [0.25, 0.3) is 5.56 Å². The number of benzene rings is 1. The summed E-state index contributed by atoms with van der Waals surface area (Å²) in [6, 6.07) is 10.9. The van der Waals surface area contributed by atoms with Gasteiger partial charge in [0.2, 0.25) is 15.9 Å². The molecule has 0 aliphatic carbocycles. The van der Waals surface area contributed by atoms with Crippen LogP contribution in [0.25, 0.3) is 11.3 Å². The summed E-state index contributed by atoms with van der Waals surface area (Å²) in [5.41, 5.74) is 1.31. The van der Waals surface area contributed by atoms with E-state index in [1.807, 2.05) is 30.3 Å². The summed E-state index contributed by atoms with van der Waals surface area (Å²) < 4.78 is 25.9. The Labute approximate surface area is 164 Å². The second kappa shape index (κ2) is 8.66. The minimum atomic E-state index is -3.20. The van der Waals surface area contributed by atoms with Gasteiger partial charge in [-0.15, -0.1) is 0 Å². The van der Waals surface area contributed by atoms with Crippen LogP contribution < -0.4 is 10.9 Å². The van der Waals surface area contributed by atoms with Gasteiger partial charge in [0.15, 0.2) is 0 Å². The molecule has 28 heavy (non-hydrogen) atoms. The zero-order valence-corrected chi connectivity index (χ0v) is 16.6. The van der Waals surface area contributed by atoms with Crippen molar-refractivity contribution in [2.24, 2.45) is 5.92 Å². The summed E-state index contributed by atoms with van der Waals surface area (Å²) in [6.45, 7) is 1.37. The second-order valence-corrected chi connectivity index (χ2v) is 8.88. The van der Waals surface area contributed by atoms with Gasteiger partial charge in [-0.25, -0.2) is 17.7 Å². The molecule has 0 spiro atoms. The first-order valence-electron chi connectivity index (χ1n) is 9.19. The van der Waals surface area contributed by atoms with Gasteiger partial charge in [-0.2, -0.15) is 0 Å². The van der Waals surface area contributed by atoms with Crippen molar-refractivity contribution in [1.82, 2.24) is 19.2 Å². The van der Waals surface area contributed by atoms with E-state index in [2.05, 4.69) is 10.3 Å². The SMILES string of the molecule is CS(=O)(=O)N1CCC(C(=O)NCCn2cnc(-c3ccccc3)cc2=O)CC1. The van der Waals surface area contributed by atoms with Crippen LogP contribution in [0.3, 0.4) is 0 Å². The van der Waals surface area contributed by atoms with Crippen LogP contribution in [-0.2, 0) is 21.4 Å². The number of rotatable bonds is 6. The van der Waals surface area contributed by atoms with Crippen molar-refractivity contribution in [1.29, 1.82) is 0 Å². The zero-order valence-electron chi connectivity index (χ0n) is 15.7. The largest absolute Gasteiger partial charge is 0.354 e. The molecule has 1 aliphatic rings. The van der Waals surface area contributed by atoms with Crippen molar-refractivity contribution < 1.29 is 13.2 Å². The molecule has 3 rings (SSSR count). The van der Waals surface area contributed by atoms with Crippen LogP contribution in [0, 0.1) is 5.92 Å². The normalized spacial score (nSPS) is 16.0. The highest BCUT2D eigenvalue weighted by Crippen LogP contribution is 2.19. The van der Waals surface area contributed by atoms with Crippen LogP contribution in [0.5, 0.6) is 0 Å². The summed E-state index contributed by atoms with van der Waals surface area (Å²) >= 11 is 0. The Morgan fingerprint density at radius 1 is 1.21 bits per heavy atom. The number of hydrogen-bond donors (Lipinski definition) is 1. The van der Waals surface area contributed by atoms with Crippen molar-refractivity contribution in [3.05, 3.63) is 53.1 Å². The first-order valence-corrected chi connectivity index (χ1v) is 11.0. The van der Waals surface area contributed by atoms with E-state index in [-0.39, 0.29) is 17.4 Å². The number of nitrogens with one attached hydrogen (secondary N) is 1. The maximum atomic E-state index is 12.3. The van der Waals surface area contributed by atoms with Crippen LogP contribution >= 0.6 is 0 Å². The van der Waals surface area contributed by atoms with Gasteiger partial charge in [-0.3, -0.25) is 14.2 Å². The smallest absolute Gasteiger partial charge is 0.253 e. The van der Waals surface area contributed by atoms with E-state index >= 15 is 0 Å². The lowest BCUT2D eigenvalue weighted by atomic mass is 9.97. The summed E-state index contributed by atoms with van der Waals surface area (Å²) in [7, 11) is -3.20. The molecule has 1 aromatic carbocycles. The molecule has 2 aromatic rings. The number of nitrogens with zero attached hydrogens (tertiary/aromatic N) is 3.